The topological polar surface area (TPSA) is 55.9 Å². The maximum atomic E-state index is 10.3. The van der Waals surface area contributed by atoms with E-state index in [1.165, 1.54) is 0 Å². The van der Waals surface area contributed by atoms with E-state index in [4.69, 9.17) is 0 Å². The molecule has 2 aromatic heterocycles. The third-order valence-electron chi connectivity index (χ3n) is 3.04. The number of hydrogen-bond acceptors (Lipinski definition) is 3. The number of aliphatic hydroxyl groups excluding tert-OH is 1. The third-order valence-corrected chi connectivity index (χ3v) is 3.04. The molecule has 2 aromatic rings. The molecule has 0 saturated carbocycles. The zero-order chi connectivity index (χ0) is 13.1. The van der Waals surface area contributed by atoms with Gasteiger partial charge in [0.05, 0.1) is 17.1 Å². The van der Waals surface area contributed by atoms with Crippen LogP contribution in [0.2, 0.25) is 0 Å². The van der Waals surface area contributed by atoms with Crippen molar-refractivity contribution >= 4 is 0 Å². The molecule has 0 aromatic carbocycles. The van der Waals surface area contributed by atoms with Crippen molar-refractivity contribution in [2.45, 2.75) is 39.3 Å². The lowest BCUT2D eigenvalue weighted by molar-refractivity contribution is 0.165. The van der Waals surface area contributed by atoms with Gasteiger partial charge in [0, 0.05) is 26.2 Å². The Bertz CT molecular complexity index is 515. The molecule has 18 heavy (non-hydrogen) atoms. The number of hydrogen-bond donors (Lipinski definition) is 1. The molecule has 0 aliphatic rings. The molecule has 98 valence electrons. The van der Waals surface area contributed by atoms with Crippen LogP contribution in [0.25, 0.3) is 0 Å². The van der Waals surface area contributed by atoms with Crippen LogP contribution in [-0.2, 0) is 26.4 Å². The lowest BCUT2D eigenvalue weighted by Crippen LogP contribution is -2.10. The molecule has 1 atom stereocenters. The van der Waals surface area contributed by atoms with Gasteiger partial charge in [0.25, 0.3) is 0 Å². The first-order valence-corrected chi connectivity index (χ1v) is 6.37. The van der Waals surface area contributed by atoms with Crippen LogP contribution in [0.1, 0.15) is 37.0 Å². The molecular weight excluding hydrogens is 228 g/mol. The molecular formula is C13H20N4O. The van der Waals surface area contributed by atoms with E-state index in [1.54, 1.807) is 4.68 Å². The van der Waals surface area contributed by atoms with E-state index in [0.717, 1.165) is 30.0 Å². The van der Waals surface area contributed by atoms with Gasteiger partial charge in [-0.15, -0.1) is 0 Å². The number of aliphatic hydroxyl groups is 1. The van der Waals surface area contributed by atoms with Crippen LogP contribution in [0.5, 0.6) is 0 Å². The summed E-state index contributed by atoms with van der Waals surface area (Å²) in [5.74, 6) is 0. The van der Waals surface area contributed by atoms with Crippen LogP contribution in [0, 0.1) is 0 Å². The first kappa shape index (κ1) is 12.8. The van der Waals surface area contributed by atoms with Crippen LogP contribution in [0.4, 0.5) is 0 Å². The first-order valence-electron chi connectivity index (χ1n) is 6.37. The fourth-order valence-corrected chi connectivity index (χ4v) is 2.06. The van der Waals surface area contributed by atoms with Gasteiger partial charge in [-0.1, -0.05) is 6.92 Å². The maximum absolute atomic E-state index is 10.3. The third kappa shape index (κ3) is 2.61. The summed E-state index contributed by atoms with van der Waals surface area (Å²) in [5.41, 5.74) is 2.79. The Morgan fingerprint density at radius 1 is 1.28 bits per heavy atom. The molecule has 0 aliphatic heterocycles. The van der Waals surface area contributed by atoms with Crippen molar-refractivity contribution < 1.29 is 5.11 Å². The van der Waals surface area contributed by atoms with Crippen molar-refractivity contribution in [3.05, 3.63) is 35.4 Å². The van der Waals surface area contributed by atoms with Crippen LogP contribution in [0.3, 0.4) is 0 Å². The molecule has 0 fully saturated rings. The molecule has 1 unspecified atom stereocenters. The molecule has 0 radical (unpaired) electrons. The van der Waals surface area contributed by atoms with Gasteiger partial charge in [-0.2, -0.15) is 10.2 Å². The molecule has 5 nitrogen and oxygen atoms in total. The van der Waals surface area contributed by atoms with Gasteiger partial charge >= 0.3 is 0 Å². The predicted octanol–water partition coefficient (Wildman–Crippen LogP) is 1.47. The normalized spacial score (nSPS) is 12.9. The van der Waals surface area contributed by atoms with Crippen molar-refractivity contribution in [1.29, 1.82) is 0 Å². The molecule has 0 bridgehead atoms. The monoisotopic (exact) mass is 248 g/mol. The van der Waals surface area contributed by atoms with Crippen LogP contribution in [-0.4, -0.2) is 24.7 Å². The fraction of sp³-hybridized carbons (Fsp3) is 0.538. The van der Waals surface area contributed by atoms with Crippen molar-refractivity contribution in [1.82, 2.24) is 19.6 Å². The molecule has 0 amide bonds. The summed E-state index contributed by atoms with van der Waals surface area (Å²) in [4.78, 5) is 0. The highest BCUT2D eigenvalue weighted by Crippen LogP contribution is 2.19. The first-order chi connectivity index (χ1) is 8.63. The summed E-state index contributed by atoms with van der Waals surface area (Å²) in [6.45, 7) is 4.87. The second kappa shape index (κ2) is 5.35. The second-order valence-corrected chi connectivity index (χ2v) is 4.43. The van der Waals surface area contributed by atoms with E-state index in [-0.39, 0.29) is 0 Å². The molecule has 2 heterocycles. The maximum Gasteiger partial charge on any atom is 0.101 e. The Balaban J connectivity index is 2.17. The van der Waals surface area contributed by atoms with Gasteiger partial charge in [-0.3, -0.25) is 9.36 Å². The lowest BCUT2D eigenvalue weighted by atomic mass is 10.1. The van der Waals surface area contributed by atoms with Crippen molar-refractivity contribution in [2.75, 3.05) is 0 Å². The zero-order valence-corrected chi connectivity index (χ0v) is 11.2. The van der Waals surface area contributed by atoms with E-state index in [0.29, 0.717) is 6.42 Å². The van der Waals surface area contributed by atoms with Crippen LogP contribution >= 0.6 is 0 Å². The Morgan fingerprint density at radius 2 is 2.06 bits per heavy atom. The molecule has 2 rings (SSSR count). The largest absolute Gasteiger partial charge is 0.386 e. The lowest BCUT2D eigenvalue weighted by Gasteiger charge is -2.10. The average Bonchev–Trinajstić information content (AvgIpc) is 2.95. The highest BCUT2D eigenvalue weighted by Gasteiger charge is 2.16. The summed E-state index contributed by atoms with van der Waals surface area (Å²) >= 11 is 0. The van der Waals surface area contributed by atoms with Crippen molar-refractivity contribution in [3.63, 3.8) is 0 Å². The highest BCUT2D eigenvalue weighted by molar-refractivity contribution is 5.15. The van der Waals surface area contributed by atoms with Gasteiger partial charge in [0.15, 0.2) is 0 Å². The number of aromatic nitrogens is 4. The molecule has 0 aliphatic carbocycles. The number of rotatable bonds is 5. The van der Waals surface area contributed by atoms with Crippen molar-refractivity contribution in [2.24, 2.45) is 7.05 Å². The van der Waals surface area contributed by atoms with Crippen LogP contribution < -0.4 is 0 Å². The molecule has 0 spiro atoms. The van der Waals surface area contributed by atoms with E-state index in [9.17, 15) is 5.11 Å². The highest BCUT2D eigenvalue weighted by atomic mass is 16.3. The van der Waals surface area contributed by atoms with E-state index in [2.05, 4.69) is 17.1 Å². The summed E-state index contributed by atoms with van der Waals surface area (Å²) < 4.78 is 3.61. The Kier molecular flexibility index (Phi) is 3.81. The second-order valence-electron chi connectivity index (χ2n) is 4.43. The Labute approximate surface area is 107 Å². The Hall–Kier alpha value is -1.62. The SMILES string of the molecule is CCc1cc(C(O)Cc2ccn(C)n2)n(CC)n1. The van der Waals surface area contributed by atoms with Crippen molar-refractivity contribution in [3.8, 4) is 0 Å². The van der Waals surface area contributed by atoms with Gasteiger partial charge < -0.3 is 5.11 Å². The number of nitrogens with zero attached hydrogens (tertiary/aromatic N) is 4. The minimum Gasteiger partial charge on any atom is -0.386 e. The average molecular weight is 248 g/mol. The van der Waals surface area contributed by atoms with E-state index in [1.807, 2.05) is 37.0 Å². The summed E-state index contributed by atoms with van der Waals surface area (Å²) in [6, 6.07) is 3.91. The number of aryl methyl sites for hydroxylation is 3. The van der Waals surface area contributed by atoms with Gasteiger partial charge in [-0.25, -0.2) is 0 Å². The van der Waals surface area contributed by atoms with Crippen LogP contribution in [0.15, 0.2) is 18.3 Å². The van der Waals surface area contributed by atoms with E-state index >= 15 is 0 Å². The minimum atomic E-state index is -0.548. The quantitative estimate of drug-likeness (QED) is 0.872. The van der Waals surface area contributed by atoms with Gasteiger partial charge in [0.1, 0.15) is 6.10 Å². The van der Waals surface area contributed by atoms with Gasteiger partial charge in [0.2, 0.25) is 0 Å². The molecule has 5 heteroatoms. The molecule has 1 N–H and O–H groups in total. The smallest absolute Gasteiger partial charge is 0.101 e. The molecule has 0 saturated heterocycles. The fourth-order valence-electron chi connectivity index (χ4n) is 2.06. The summed E-state index contributed by atoms with van der Waals surface area (Å²) in [5, 5.41) is 19.0. The summed E-state index contributed by atoms with van der Waals surface area (Å²) in [7, 11) is 1.88. The summed E-state index contributed by atoms with van der Waals surface area (Å²) in [6.07, 6.45) is 2.75. The minimum absolute atomic E-state index is 0.523. The van der Waals surface area contributed by atoms with E-state index < -0.39 is 6.10 Å². The van der Waals surface area contributed by atoms with Gasteiger partial charge in [-0.05, 0) is 25.5 Å². The standard InChI is InChI=1S/C13H20N4O/c1-4-10-8-12(17(5-2)15-10)13(18)9-11-6-7-16(3)14-11/h6-8,13,18H,4-5,9H2,1-3H3. The predicted molar refractivity (Wildman–Crippen MR) is 69.2 cm³/mol. The zero-order valence-electron chi connectivity index (χ0n) is 11.2. The Morgan fingerprint density at radius 3 is 2.61 bits per heavy atom.